The van der Waals surface area contributed by atoms with Crippen molar-refractivity contribution >= 4 is 15.9 Å². The number of hydrogen-bond donors (Lipinski definition) is 1. The first-order valence-corrected chi connectivity index (χ1v) is 7.48. The highest BCUT2D eigenvalue weighted by Crippen LogP contribution is 2.22. The molecule has 0 saturated heterocycles. The van der Waals surface area contributed by atoms with E-state index < -0.39 is 0 Å². The minimum absolute atomic E-state index is 0.162. The second kappa shape index (κ2) is 6.95. The van der Waals surface area contributed by atoms with E-state index in [2.05, 4.69) is 39.2 Å². The molecule has 0 spiro atoms. The first-order chi connectivity index (χ1) is 9.58. The molecule has 1 heterocycles. The molecule has 4 heteroatoms. The van der Waals surface area contributed by atoms with Crippen molar-refractivity contribution in [3.05, 3.63) is 63.6 Å². The van der Waals surface area contributed by atoms with Gasteiger partial charge in [0.1, 0.15) is 5.82 Å². The molecule has 0 aliphatic heterocycles. The number of likely N-dealkylation sites (N-methyl/N-ethyl adjacent to an activating group) is 1. The number of nitrogens with zero attached hydrogens (tertiary/aromatic N) is 1. The van der Waals surface area contributed by atoms with E-state index in [-0.39, 0.29) is 11.9 Å². The van der Waals surface area contributed by atoms with Gasteiger partial charge in [-0.15, -0.1) is 0 Å². The molecule has 1 aromatic heterocycles. The average molecular weight is 337 g/mol. The third kappa shape index (κ3) is 4.12. The summed E-state index contributed by atoms with van der Waals surface area (Å²) in [5.41, 5.74) is 3.14. The van der Waals surface area contributed by atoms with Gasteiger partial charge in [0.05, 0.1) is 0 Å². The standard InChI is InChI=1S/C16H18BrFN2/c1-3-19-16(13-4-5-20-11(2)6-13)9-12-7-14(17)10-15(18)8-12/h4-8,10,16,19H,3,9H2,1-2H3. The fourth-order valence-electron chi connectivity index (χ4n) is 2.30. The number of halogens is 2. The zero-order valence-corrected chi connectivity index (χ0v) is 13.2. The highest BCUT2D eigenvalue weighted by molar-refractivity contribution is 9.10. The van der Waals surface area contributed by atoms with Gasteiger partial charge in [0.25, 0.3) is 0 Å². The average Bonchev–Trinajstić information content (AvgIpc) is 2.37. The van der Waals surface area contributed by atoms with Gasteiger partial charge in [-0.3, -0.25) is 4.98 Å². The zero-order valence-electron chi connectivity index (χ0n) is 11.7. The lowest BCUT2D eigenvalue weighted by Gasteiger charge is -2.19. The smallest absolute Gasteiger partial charge is 0.124 e. The molecule has 0 amide bonds. The van der Waals surface area contributed by atoms with E-state index in [4.69, 9.17) is 0 Å². The van der Waals surface area contributed by atoms with Crippen LogP contribution < -0.4 is 5.32 Å². The monoisotopic (exact) mass is 336 g/mol. The van der Waals surface area contributed by atoms with Gasteiger partial charge >= 0.3 is 0 Å². The van der Waals surface area contributed by atoms with Gasteiger partial charge in [-0.2, -0.15) is 0 Å². The summed E-state index contributed by atoms with van der Waals surface area (Å²) in [6.07, 6.45) is 2.56. The Morgan fingerprint density at radius 3 is 2.75 bits per heavy atom. The maximum atomic E-state index is 13.5. The van der Waals surface area contributed by atoms with Crippen molar-refractivity contribution in [1.82, 2.24) is 10.3 Å². The predicted molar refractivity (Wildman–Crippen MR) is 83.2 cm³/mol. The van der Waals surface area contributed by atoms with Crippen LogP contribution in [-0.2, 0) is 6.42 Å². The van der Waals surface area contributed by atoms with E-state index in [0.717, 1.165) is 28.7 Å². The van der Waals surface area contributed by atoms with Crippen molar-refractivity contribution in [2.75, 3.05) is 6.54 Å². The summed E-state index contributed by atoms with van der Waals surface area (Å²) in [6, 6.07) is 9.26. The molecule has 2 rings (SSSR count). The van der Waals surface area contributed by atoms with E-state index in [1.54, 1.807) is 6.07 Å². The minimum atomic E-state index is -0.212. The lowest BCUT2D eigenvalue weighted by molar-refractivity contribution is 0.545. The first kappa shape index (κ1) is 15.1. The summed E-state index contributed by atoms with van der Waals surface area (Å²) in [5.74, 6) is -0.212. The quantitative estimate of drug-likeness (QED) is 0.885. The topological polar surface area (TPSA) is 24.9 Å². The Kier molecular flexibility index (Phi) is 5.26. The zero-order chi connectivity index (χ0) is 14.5. The molecular formula is C16H18BrFN2. The first-order valence-electron chi connectivity index (χ1n) is 6.69. The summed E-state index contributed by atoms with van der Waals surface area (Å²) in [6.45, 7) is 4.91. The third-order valence-corrected chi connectivity index (χ3v) is 3.59. The van der Waals surface area contributed by atoms with E-state index in [9.17, 15) is 4.39 Å². The predicted octanol–water partition coefficient (Wildman–Crippen LogP) is 4.18. The second-order valence-corrected chi connectivity index (χ2v) is 5.74. The molecule has 0 aliphatic rings. The van der Waals surface area contributed by atoms with Crippen LogP contribution in [0.3, 0.4) is 0 Å². The summed E-state index contributed by atoms with van der Waals surface area (Å²) in [7, 11) is 0. The van der Waals surface area contributed by atoms with E-state index in [0.29, 0.717) is 0 Å². The number of pyridine rings is 1. The van der Waals surface area contributed by atoms with Gasteiger partial charge in [-0.05, 0) is 61.3 Å². The molecule has 0 saturated carbocycles. The third-order valence-electron chi connectivity index (χ3n) is 3.14. The molecule has 2 aromatic rings. The van der Waals surface area contributed by atoms with Crippen LogP contribution in [0.2, 0.25) is 0 Å². The fraction of sp³-hybridized carbons (Fsp3) is 0.312. The maximum Gasteiger partial charge on any atom is 0.124 e. The molecular weight excluding hydrogens is 319 g/mol. The summed E-state index contributed by atoms with van der Waals surface area (Å²) < 4.78 is 14.2. The fourth-order valence-corrected chi connectivity index (χ4v) is 2.82. The number of hydrogen-bond acceptors (Lipinski definition) is 2. The highest BCUT2D eigenvalue weighted by Gasteiger charge is 2.12. The number of aromatic nitrogens is 1. The molecule has 0 bridgehead atoms. The van der Waals surface area contributed by atoms with Crippen LogP contribution in [-0.4, -0.2) is 11.5 Å². The van der Waals surface area contributed by atoms with Crippen molar-refractivity contribution in [3.8, 4) is 0 Å². The van der Waals surface area contributed by atoms with Crippen molar-refractivity contribution in [2.24, 2.45) is 0 Å². The van der Waals surface area contributed by atoms with Crippen LogP contribution >= 0.6 is 15.9 Å². The molecule has 0 aliphatic carbocycles. The Bertz CT molecular complexity index is 566. The molecule has 20 heavy (non-hydrogen) atoms. The van der Waals surface area contributed by atoms with Gasteiger partial charge in [-0.1, -0.05) is 22.9 Å². The molecule has 1 N–H and O–H groups in total. The Hall–Kier alpha value is -1.26. The number of rotatable bonds is 5. The van der Waals surface area contributed by atoms with Crippen LogP contribution in [0.4, 0.5) is 4.39 Å². The normalized spacial score (nSPS) is 12.4. The number of nitrogens with one attached hydrogen (secondary N) is 1. The van der Waals surface area contributed by atoms with Crippen LogP contribution in [0, 0.1) is 12.7 Å². The lowest BCUT2D eigenvalue weighted by Crippen LogP contribution is -2.23. The Morgan fingerprint density at radius 2 is 2.10 bits per heavy atom. The van der Waals surface area contributed by atoms with Crippen molar-refractivity contribution in [2.45, 2.75) is 26.3 Å². The lowest BCUT2D eigenvalue weighted by atomic mass is 9.99. The van der Waals surface area contributed by atoms with E-state index in [1.165, 1.54) is 11.6 Å². The summed E-state index contributed by atoms with van der Waals surface area (Å²) >= 11 is 3.34. The largest absolute Gasteiger partial charge is 0.310 e. The van der Waals surface area contributed by atoms with Gasteiger partial charge < -0.3 is 5.32 Å². The van der Waals surface area contributed by atoms with Crippen molar-refractivity contribution in [3.63, 3.8) is 0 Å². The summed E-state index contributed by atoms with van der Waals surface area (Å²) in [5, 5.41) is 3.45. The number of aryl methyl sites for hydroxylation is 1. The summed E-state index contributed by atoms with van der Waals surface area (Å²) in [4.78, 5) is 4.22. The molecule has 2 nitrogen and oxygen atoms in total. The molecule has 1 atom stereocenters. The molecule has 0 fully saturated rings. The SMILES string of the molecule is CCNC(Cc1cc(F)cc(Br)c1)c1ccnc(C)c1. The molecule has 1 aromatic carbocycles. The van der Waals surface area contributed by atoms with Crippen LogP contribution in [0.5, 0.6) is 0 Å². The Balaban J connectivity index is 2.25. The van der Waals surface area contributed by atoms with Gasteiger partial charge in [0, 0.05) is 22.4 Å². The minimum Gasteiger partial charge on any atom is -0.310 e. The number of benzene rings is 1. The highest BCUT2D eigenvalue weighted by atomic mass is 79.9. The van der Waals surface area contributed by atoms with Crippen molar-refractivity contribution < 1.29 is 4.39 Å². The second-order valence-electron chi connectivity index (χ2n) is 4.82. The van der Waals surface area contributed by atoms with E-state index in [1.807, 2.05) is 25.3 Å². The van der Waals surface area contributed by atoms with Gasteiger partial charge in [0.2, 0.25) is 0 Å². The molecule has 1 unspecified atom stereocenters. The van der Waals surface area contributed by atoms with E-state index >= 15 is 0 Å². The van der Waals surface area contributed by atoms with Gasteiger partial charge in [0.15, 0.2) is 0 Å². The Morgan fingerprint density at radius 1 is 1.30 bits per heavy atom. The molecule has 106 valence electrons. The van der Waals surface area contributed by atoms with Gasteiger partial charge in [-0.25, -0.2) is 4.39 Å². The molecule has 0 radical (unpaired) electrons. The maximum absolute atomic E-state index is 13.5. The Labute approximate surface area is 127 Å². The van der Waals surface area contributed by atoms with Crippen molar-refractivity contribution in [1.29, 1.82) is 0 Å². The van der Waals surface area contributed by atoms with Crippen LogP contribution in [0.25, 0.3) is 0 Å². The van der Waals surface area contributed by atoms with Crippen LogP contribution in [0.1, 0.15) is 29.8 Å². The van der Waals surface area contributed by atoms with Crippen LogP contribution in [0.15, 0.2) is 41.0 Å².